The van der Waals surface area contributed by atoms with E-state index in [2.05, 4.69) is 130 Å². The number of rotatable bonds is 62. The van der Waals surface area contributed by atoms with Crippen LogP contribution in [0.1, 0.15) is 329 Å². The normalized spacial score (nSPS) is 12.8. The highest BCUT2D eigenvalue weighted by Gasteiger charge is 2.19. The van der Waals surface area contributed by atoms with Gasteiger partial charge in [-0.25, -0.2) is 0 Å². The lowest BCUT2D eigenvalue weighted by molar-refractivity contribution is -0.167. The molecule has 0 aliphatic heterocycles. The smallest absolute Gasteiger partial charge is 0.306 e. The molecule has 0 aromatic carbocycles. The highest BCUT2D eigenvalue weighted by atomic mass is 16.6. The second-order valence-electron chi connectivity index (χ2n) is 22.7. The molecule has 0 aliphatic carbocycles. The molecular formula is C75H128O6. The Morgan fingerprint density at radius 1 is 0.259 bits per heavy atom. The van der Waals surface area contributed by atoms with Gasteiger partial charge in [0.25, 0.3) is 0 Å². The van der Waals surface area contributed by atoms with Crippen molar-refractivity contribution in [2.24, 2.45) is 0 Å². The standard InChI is InChI=1S/C75H128O6/c1-4-7-10-13-16-19-21-23-25-27-29-31-33-35-37-39-41-43-45-47-49-51-53-56-59-62-65-68-74(77)80-71-72(70-79-73(76)67-64-61-58-55-18-15-12-9-6-3)81-75(78)69-66-63-60-57-54-52-50-48-46-44-42-40-38-36-34-32-30-28-26-24-22-20-17-14-11-8-5-2/h7,10,16,19,22-25,28-31,35,37,41,43,47,49,72H,4-6,8-9,11-15,17-18,20-21,26-27,32-34,36,38-40,42,44-46,48,50-71H2,1-3H3/b10-7-,19-16-,24-22-,25-23-,30-28-,31-29-,37-35-,43-41-,49-47-. The van der Waals surface area contributed by atoms with Crippen LogP contribution in [0.3, 0.4) is 0 Å². The molecule has 1 atom stereocenters. The van der Waals surface area contributed by atoms with Crippen molar-refractivity contribution >= 4 is 17.9 Å². The average Bonchev–Trinajstić information content (AvgIpc) is 3.47. The van der Waals surface area contributed by atoms with E-state index in [0.29, 0.717) is 19.3 Å². The Balaban J connectivity index is 4.23. The van der Waals surface area contributed by atoms with Crippen LogP contribution < -0.4 is 0 Å². The number of hydrogen-bond acceptors (Lipinski definition) is 6. The Kier molecular flexibility index (Phi) is 65.2. The fraction of sp³-hybridized carbons (Fsp3) is 0.720. The summed E-state index contributed by atoms with van der Waals surface area (Å²) in [5.41, 5.74) is 0. The van der Waals surface area contributed by atoms with Crippen molar-refractivity contribution in [1.82, 2.24) is 0 Å². The van der Waals surface area contributed by atoms with Gasteiger partial charge in [0, 0.05) is 19.3 Å². The van der Waals surface area contributed by atoms with Crippen LogP contribution in [0.15, 0.2) is 109 Å². The van der Waals surface area contributed by atoms with E-state index in [9.17, 15) is 14.4 Å². The van der Waals surface area contributed by atoms with Crippen molar-refractivity contribution in [1.29, 1.82) is 0 Å². The van der Waals surface area contributed by atoms with E-state index >= 15 is 0 Å². The summed E-state index contributed by atoms with van der Waals surface area (Å²) in [7, 11) is 0. The van der Waals surface area contributed by atoms with Gasteiger partial charge >= 0.3 is 17.9 Å². The number of unbranched alkanes of at least 4 members (excludes halogenated alkanes) is 33. The fourth-order valence-electron chi connectivity index (χ4n) is 9.63. The number of ether oxygens (including phenoxy) is 3. The summed E-state index contributed by atoms with van der Waals surface area (Å²) in [6, 6.07) is 0. The molecule has 0 saturated heterocycles. The maximum atomic E-state index is 12.9. The molecule has 6 heteroatoms. The minimum absolute atomic E-state index is 0.0822. The van der Waals surface area contributed by atoms with Gasteiger partial charge in [-0.1, -0.05) is 310 Å². The summed E-state index contributed by atoms with van der Waals surface area (Å²) in [6.45, 7) is 6.51. The summed E-state index contributed by atoms with van der Waals surface area (Å²) < 4.78 is 16.9. The van der Waals surface area contributed by atoms with E-state index in [1.54, 1.807) is 0 Å². The maximum absolute atomic E-state index is 12.9. The topological polar surface area (TPSA) is 78.9 Å². The molecule has 6 nitrogen and oxygen atoms in total. The third-order valence-corrected chi connectivity index (χ3v) is 14.8. The van der Waals surface area contributed by atoms with Crippen molar-refractivity contribution in [3.05, 3.63) is 109 Å². The Labute approximate surface area is 501 Å². The summed E-state index contributed by atoms with van der Waals surface area (Å²) in [4.78, 5) is 38.3. The molecule has 0 aromatic rings. The van der Waals surface area contributed by atoms with E-state index < -0.39 is 6.10 Å². The first-order valence-corrected chi connectivity index (χ1v) is 34.4. The van der Waals surface area contributed by atoms with Crippen LogP contribution in [0.4, 0.5) is 0 Å². The Morgan fingerprint density at radius 2 is 0.481 bits per heavy atom. The predicted molar refractivity (Wildman–Crippen MR) is 353 cm³/mol. The fourth-order valence-corrected chi connectivity index (χ4v) is 9.63. The first kappa shape index (κ1) is 77.1. The maximum Gasteiger partial charge on any atom is 0.306 e. The molecule has 464 valence electrons. The summed E-state index contributed by atoms with van der Waals surface area (Å²) in [5, 5.41) is 0. The predicted octanol–water partition coefficient (Wildman–Crippen LogP) is 23.8. The van der Waals surface area contributed by atoms with Gasteiger partial charge in [0.1, 0.15) is 13.2 Å². The summed E-state index contributed by atoms with van der Waals surface area (Å²) in [6.07, 6.45) is 94.0. The minimum Gasteiger partial charge on any atom is -0.462 e. The number of carbonyl (C=O) groups is 3. The number of carbonyl (C=O) groups excluding carboxylic acids is 3. The second kappa shape index (κ2) is 68.6. The summed E-state index contributed by atoms with van der Waals surface area (Å²) in [5.74, 6) is -0.894. The molecule has 0 bridgehead atoms. The van der Waals surface area contributed by atoms with E-state index in [1.165, 1.54) is 161 Å². The van der Waals surface area contributed by atoms with E-state index in [0.717, 1.165) is 128 Å². The SMILES string of the molecule is CC/C=C\C/C=C\C/C=C\C/C=C\C/C=C\C/C=C\C/C=C\CCCCCCCC(=O)OCC(COC(=O)CCCCCCCCCCC)OC(=O)CCCCCCCCCCCCCCCCC/C=C\C/C=C\CCCCCCC. The van der Waals surface area contributed by atoms with Gasteiger partial charge in [0.2, 0.25) is 0 Å². The second-order valence-corrected chi connectivity index (χ2v) is 22.7. The van der Waals surface area contributed by atoms with Crippen molar-refractivity contribution in [2.45, 2.75) is 335 Å². The molecule has 0 saturated carbocycles. The van der Waals surface area contributed by atoms with Crippen LogP contribution in [0.25, 0.3) is 0 Å². The van der Waals surface area contributed by atoms with E-state index in [-0.39, 0.29) is 31.1 Å². The molecule has 0 N–H and O–H groups in total. The first-order chi connectivity index (χ1) is 40.0. The van der Waals surface area contributed by atoms with Crippen molar-refractivity contribution < 1.29 is 28.6 Å². The van der Waals surface area contributed by atoms with Crippen molar-refractivity contribution in [3.8, 4) is 0 Å². The highest BCUT2D eigenvalue weighted by molar-refractivity contribution is 5.71. The van der Waals surface area contributed by atoms with Gasteiger partial charge in [-0.3, -0.25) is 14.4 Å². The molecule has 0 radical (unpaired) electrons. The van der Waals surface area contributed by atoms with E-state index in [1.807, 2.05) is 0 Å². The number of allylic oxidation sites excluding steroid dienone is 18. The number of hydrogen-bond donors (Lipinski definition) is 0. The Morgan fingerprint density at radius 3 is 0.753 bits per heavy atom. The molecule has 1 unspecified atom stereocenters. The van der Waals surface area contributed by atoms with Crippen LogP contribution in [-0.4, -0.2) is 37.2 Å². The Bertz CT molecular complexity index is 1620. The highest BCUT2D eigenvalue weighted by Crippen LogP contribution is 2.17. The zero-order valence-corrected chi connectivity index (χ0v) is 53.3. The van der Waals surface area contributed by atoms with Gasteiger partial charge in [-0.05, 0) is 109 Å². The first-order valence-electron chi connectivity index (χ1n) is 34.4. The lowest BCUT2D eigenvalue weighted by Crippen LogP contribution is -2.30. The van der Waals surface area contributed by atoms with Gasteiger partial charge in [0.05, 0.1) is 0 Å². The monoisotopic (exact) mass is 1120 g/mol. The molecule has 0 fully saturated rings. The van der Waals surface area contributed by atoms with Gasteiger partial charge in [0.15, 0.2) is 6.10 Å². The zero-order valence-electron chi connectivity index (χ0n) is 53.3. The molecule has 0 rings (SSSR count). The minimum atomic E-state index is -0.786. The lowest BCUT2D eigenvalue weighted by Gasteiger charge is -2.18. The van der Waals surface area contributed by atoms with Crippen molar-refractivity contribution in [2.75, 3.05) is 13.2 Å². The number of esters is 3. The molecule has 0 aliphatic rings. The zero-order chi connectivity index (χ0) is 58.5. The molecular weight excluding hydrogens is 997 g/mol. The van der Waals surface area contributed by atoms with Crippen LogP contribution in [0.5, 0.6) is 0 Å². The van der Waals surface area contributed by atoms with Crippen molar-refractivity contribution in [3.63, 3.8) is 0 Å². The summed E-state index contributed by atoms with van der Waals surface area (Å²) >= 11 is 0. The third-order valence-electron chi connectivity index (χ3n) is 14.8. The van der Waals surface area contributed by atoms with Crippen LogP contribution in [0, 0.1) is 0 Å². The molecule has 0 amide bonds. The lowest BCUT2D eigenvalue weighted by atomic mass is 10.0. The average molecular weight is 1130 g/mol. The van der Waals surface area contributed by atoms with Crippen LogP contribution in [-0.2, 0) is 28.6 Å². The van der Waals surface area contributed by atoms with Gasteiger partial charge < -0.3 is 14.2 Å². The third kappa shape index (κ3) is 66.8. The molecule has 0 heterocycles. The van der Waals surface area contributed by atoms with E-state index in [4.69, 9.17) is 14.2 Å². The largest absolute Gasteiger partial charge is 0.462 e. The van der Waals surface area contributed by atoms with Gasteiger partial charge in [-0.15, -0.1) is 0 Å². The molecule has 81 heavy (non-hydrogen) atoms. The van der Waals surface area contributed by atoms with Gasteiger partial charge in [-0.2, -0.15) is 0 Å². The quantitative estimate of drug-likeness (QED) is 0.0261. The molecule has 0 spiro atoms. The van der Waals surface area contributed by atoms with Crippen LogP contribution >= 0.6 is 0 Å². The molecule has 0 aromatic heterocycles. The Hall–Kier alpha value is -3.93. The van der Waals surface area contributed by atoms with Crippen LogP contribution in [0.2, 0.25) is 0 Å².